The van der Waals surface area contributed by atoms with E-state index in [-0.39, 0.29) is 11.9 Å². The molecule has 0 aliphatic heterocycles. The van der Waals surface area contributed by atoms with Crippen molar-refractivity contribution in [3.63, 3.8) is 0 Å². The lowest BCUT2D eigenvalue weighted by Gasteiger charge is -2.17. The number of benzene rings is 2. The minimum atomic E-state index is -0.654. The second-order valence-corrected chi connectivity index (χ2v) is 8.20. The first-order valence-electron chi connectivity index (χ1n) is 8.79. The van der Waals surface area contributed by atoms with Gasteiger partial charge in [-0.25, -0.2) is 5.43 Å². The number of amides is 2. The topological polar surface area (TPSA) is 96.9 Å². The fraction of sp³-hybridized carbons (Fsp3) is 0.238. The van der Waals surface area contributed by atoms with Gasteiger partial charge in [-0.15, -0.1) is 0 Å². The van der Waals surface area contributed by atoms with Crippen LogP contribution >= 0.6 is 15.9 Å². The van der Waals surface area contributed by atoms with E-state index >= 15 is 0 Å². The Kier molecular flexibility index (Phi) is 7.28. The summed E-state index contributed by atoms with van der Waals surface area (Å²) in [7, 11) is 0. The van der Waals surface area contributed by atoms with Crippen molar-refractivity contribution in [1.82, 2.24) is 5.43 Å². The highest BCUT2D eigenvalue weighted by Gasteiger charge is 2.24. The molecule has 0 bridgehead atoms. The van der Waals surface area contributed by atoms with E-state index in [1.807, 2.05) is 0 Å². The van der Waals surface area contributed by atoms with Crippen LogP contribution in [-0.4, -0.2) is 24.0 Å². The van der Waals surface area contributed by atoms with Gasteiger partial charge in [-0.3, -0.25) is 14.4 Å². The molecule has 2 aromatic carbocycles. The molecule has 2 aromatic rings. The van der Waals surface area contributed by atoms with Crippen LogP contribution in [0.5, 0.6) is 5.75 Å². The largest absolute Gasteiger partial charge is 0.425 e. The van der Waals surface area contributed by atoms with Gasteiger partial charge >= 0.3 is 5.97 Å². The normalized spacial score (nSPS) is 11.2. The van der Waals surface area contributed by atoms with Crippen LogP contribution in [0.15, 0.2) is 52.0 Å². The van der Waals surface area contributed by atoms with Gasteiger partial charge in [0.15, 0.2) is 0 Å². The van der Waals surface area contributed by atoms with Crippen molar-refractivity contribution in [3.05, 3.63) is 58.1 Å². The van der Waals surface area contributed by atoms with Crippen LogP contribution in [0.25, 0.3) is 0 Å². The first-order chi connectivity index (χ1) is 13.6. The highest BCUT2D eigenvalue weighted by Crippen LogP contribution is 2.25. The Morgan fingerprint density at radius 3 is 2.31 bits per heavy atom. The Hall–Kier alpha value is -3.00. The summed E-state index contributed by atoms with van der Waals surface area (Å²) in [6.45, 7) is 6.70. The molecular weight excluding hydrogens is 438 g/mol. The SMILES string of the molecule is CC(=O)Nc1ccc(C(=O)N/N=C\c2cc(Br)ccc2OC(=O)C(C)(C)C)cc1. The summed E-state index contributed by atoms with van der Waals surface area (Å²) in [4.78, 5) is 35.4. The molecule has 0 radical (unpaired) electrons. The maximum absolute atomic E-state index is 12.2. The number of nitrogens with one attached hydrogen (secondary N) is 2. The number of ether oxygens (including phenoxy) is 1. The molecule has 0 spiro atoms. The highest BCUT2D eigenvalue weighted by molar-refractivity contribution is 9.10. The Balaban J connectivity index is 2.09. The van der Waals surface area contributed by atoms with Crippen LogP contribution in [-0.2, 0) is 9.59 Å². The molecule has 0 aliphatic rings. The number of rotatable bonds is 5. The summed E-state index contributed by atoms with van der Waals surface area (Å²) in [6, 6.07) is 11.5. The monoisotopic (exact) mass is 459 g/mol. The molecule has 0 saturated heterocycles. The number of hydrazone groups is 1. The number of esters is 1. The Morgan fingerprint density at radius 1 is 1.07 bits per heavy atom. The second kappa shape index (κ2) is 9.47. The van der Waals surface area contributed by atoms with Crippen LogP contribution in [0.1, 0.15) is 43.6 Å². The van der Waals surface area contributed by atoms with Gasteiger partial charge in [0.05, 0.1) is 11.6 Å². The molecule has 29 heavy (non-hydrogen) atoms. The number of hydrogen-bond donors (Lipinski definition) is 2. The molecule has 0 fully saturated rings. The molecule has 0 aromatic heterocycles. The van der Waals surface area contributed by atoms with Crippen molar-refractivity contribution in [3.8, 4) is 5.75 Å². The summed E-state index contributed by atoms with van der Waals surface area (Å²) in [6.07, 6.45) is 1.40. The fourth-order valence-corrected chi connectivity index (χ4v) is 2.48. The van der Waals surface area contributed by atoms with E-state index in [4.69, 9.17) is 4.74 Å². The van der Waals surface area contributed by atoms with Gasteiger partial charge in [0.2, 0.25) is 5.91 Å². The van der Waals surface area contributed by atoms with Crippen LogP contribution in [0, 0.1) is 5.41 Å². The van der Waals surface area contributed by atoms with Gasteiger partial charge in [-0.05, 0) is 63.2 Å². The Morgan fingerprint density at radius 2 is 1.72 bits per heavy atom. The van der Waals surface area contributed by atoms with E-state index in [1.54, 1.807) is 63.2 Å². The van der Waals surface area contributed by atoms with Gasteiger partial charge in [0, 0.05) is 28.2 Å². The molecule has 0 atom stereocenters. The molecule has 2 amide bonds. The minimum Gasteiger partial charge on any atom is -0.425 e. The Bertz CT molecular complexity index is 947. The number of carbonyl (C=O) groups excluding carboxylic acids is 3. The zero-order chi connectivity index (χ0) is 21.6. The van der Waals surface area contributed by atoms with Crippen LogP contribution < -0.4 is 15.5 Å². The van der Waals surface area contributed by atoms with Gasteiger partial charge in [0.1, 0.15) is 5.75 Å². The average Bonchev–Trinajstić information content (AvgIpc) is 2.63. The van der Waals surface area contributed by atoms with E-state index in [0.717, 1.165) is 4.47 Å². The zero-order valence-electron chi connectivity index (χ0n) is 16.6. The lowest BCUT2D eigenvalue weighted by Crippen LogP contribution is -2.26. The molecule has 152 valence electrons. The standard InChI is InChI=1S/C21H22BrN3O4/c1-13(26)24-17-8-5-14(6-9-17)19(27)25-23-12-15-11-16(22)7-10-18(15)29-20(28)21(2,3)4/h5-12H,1-4H3,(H,24,26)(H,25,27)/b23-12-. The molecule has 0 aliphatic carbocycles. The summed E-state index contributed by atoms with van der Waals surface area (Å²) in [5, 5.41) is 6.58. The van der Waals surface area contributed by atoms with Gasteiger partial charge in [-0.1, -0.05) is 15.9 Å². The zero-order valence-corrected chi connectivity index (χ0v) is 18.2. The van der Waals surface area contributed by atoms with E-state index < -0.39 is 11.3 Å². The van der Waals surface area contributed by atoms with Crippen molar-refractivity contribution in [1.29, 1.82) is 0 Å². The fourth-order valence-electron chi connectivity index (χ4n) is 2.10. The molecule has 0 unspecified atom stereocenters. The van der Waals surface area contributed by atoms with Gasteiger partial charge in [0.25, 0.3) is 5.91 Å². The van der Waals surface area contributed by atoms with E-state index in [0.29, 0.717) is 22.6 Å². The third kappa shape index (κ3) is 6.83. The predicted molar refractivity (Wildman–Crippen MR) is 115 cm³/mol. The van der Waals surface area contributed by atoms with Crippen molar-refractivity contribution >= 4 is 45.6 Å². The first-order valence-corrected chi connectivity index (χ1v) is 9.58. The Labute approximate surface area is 177 Å². The molecule has 2 N–H and O–H groups in total. The summed E-state index contributed by atoms with van der Waals surface area (Å²) in [5.74, 6) is -0.647. The smallest absolute Gasteiger partial charge is 0.316 e. The number of carbonyl (C=O) groups is 3. The summed E-state index contributed by atoms with van der Waals surface area (Å²) in [5.41, 5.74) is 3.27. The maximum atomic E-state index is 12.2. The van der Waals surface area contributed by atoms with Gasteiger partial charge < -0.3 is 10.1 Å². The van der Waals surface area contributed by atoms with Crippen LogP contribution in [0.4, 0.5) is 5.69 Å². The molecule has 0 saturated carbocycles. The van der Waals surface area contributed by atoms with Crippen molar-refractivity contribution < 1.29 is 19.1 Å². The highest BCUT2D eigenvalue weighted by atomic mass is 79.9. The van der Waals surface area contributed by atoms with Crippen molar-refractivity contribution in [2.45, 2.75) is 27.7 Å². The third-order valence-electron chi connectivity index (χ3n) is 3.62. The molecule has 0 heterocycles. The number of nitrogens with zero attached hydrogens (tertiary/aromatic N) is 1. The molecule has 7 nitrogen and oxygen atoms in total. The maximum Gasteiger partial charge on any atom is 0.316 e. The molecule has 2 rings (SSSR count). The van der Waals surface area contributed by atoms with E-state index in [9.17, 15) is 14.4 Å². The van der Waals surface area contributed by atoms with Gasteiger partial charge in [-0.2, -0.15) is 5.10 Å². The van der Waals surface area contributed by atoms with E-state index in [1.165, 1.54) is 13.1 Å². The molecular formula is C21H22BrN3O4. The molecule has 8 heteroatoms. The van der Waals surface area contributed by atoms with Crippen LogP contribution in [0.2, 0.25) is 0 Å². The quantitative estimate of drug-likeness (QED) is 0.304. The lowest BCUT2D eigenvalue weighted by atomic mass is 9.97. The third-order valence-corrected chi connectivity index (χ3v) is 4.12. The first kappa shape index (κ1) is 22.3. The minimum absolute atomic E-state index is 0.191. The van der Waals surface area contributed by atoms with Crippen LogP contribution in [0.3, 0.4) is 0 Å². The van der Waals surface area contributed by atoms with E-state index in [2.05, 4.69) is 31.8 Å². The predicted octanol–water partition coefficient (Wildman–Crippen LogP) is 4.12. The average molecular weight is 460 g/mol. The number of hydrogen-bond acceptors (Lipinski definition) is 5. The lowest BCUT2D eigenvalue weighted by molar-refractivity contribution is -0.143. The number of anilines is 1. The second-order valence-electron chi connectivity index (χ2n) is 7.28. The van der Waals surface area contributed by atoms with Crippen molar-refractivity contribution in [2.75, 3.05) is 5.32 Å². The number of halogens is 1. The van der Waals surface area contributed by atoms with Crippen molar-refractivity contribution in [2.24, 2.45) is 10.5 Å². The summed E-state index contributed by atoms with van der Waals surface area (Å²) >= 11 is 3.36. The summed E-state index contributed by atoms with van der Waals surface area (Å²) < 4.78 is 6.23.